The van der Waals surface area contributed by atoms with E-state index in [4.69, 9.17) is 0 Å². The first kappa shape index (κ1) is 12.0. The molecule has 1 aliphatic rings. The SMILES string of the molecule is CSc1cccc(N2C(=O)CNC(=O)C2C)c1. The number of amides is 2. The third-order valence-electron chi connectivity index (χ3n) is 2.78. The van der Waals surface area contributed by atoms with Gasteiger partial charge >= 0.3 is 0 Å². The zero-order chi connectivity index (χ0) is 12.4. The first-order valence-corrected chi connectivity index (χ1v) is 6.60. The summed E-state index contributed by atoms with van der Waals surface area (Å²) in [7, 11) is 0. The molecule has 4 nitrogen and oxygen atoms in total. The molecular weight excluding hydrogens is 236 g/mol. The van der Waals surface area contributed by atoms with Crippen molar-refractivity contribution in [1.29, 1.82) is 0 Å². The predicted molar refractivity (Wildman–Crippen MR) is 68.2 cm³/mol. The van der Waals surface area contributed by atoms with E-state index in [-0.39, 0.29) is 18.4 Å². The molecule has 1 aliphatic heterocycles. The van der Waals surface area contributed by atoms with E-state index in [2.05, 4.69) is 5.32 Å². The molecule has 2 rings (SSSR count). The molecule has 1 fully saturated rings. The molecule has 1 unspecified atom stereocenters. The van der Waals surface area contributed by atoms with Gasteiger partial charge in [-0.2, -0.15) is 0 Å². The molecule has 0 radical (unpaired) electrons. The number of nitrogens with one attached hydrogen (secondary N) is 1. The van der Waals surface area contributed by atoms with Crippen LogP contribution in [-0.2, 0) is 9.59 Å². The van der Waals surface area contributed by atoms with Crippen LogP contribution in [0.4, 0.5) is 5.69 Å². The molecule has 0 aromatic heterocycles. The van der Waals surface area contributed by atoms with Crippen LogP contribution in [0.15, 0.2) is 29.2 Å². The first-order valence-electron chi connectivity index (χ1n) is 5.37. The summed E-state index contributed by atoms with van der Waals surface area (Å²) < 4.78 is 0. The Labute approximate surface area is 104 Å². The fourth-order valence-electron chi connectivity index (χ4n) is 1.86. The summed E-state index contributed by atoms with van der Waals surface area (Å²) in [6, 6.07) is 7.21. The number of carbonyl (C=O) groups is 2. The Morgan fingerprint density at radius 2 is 2.18 bits per heavy atom. The zero-order valence-corrected chi connectivity index (χ0v) is 10.6. The summed E-state index contributed by atoms with van der Waals surface area (Å²) in [5.41, 5.74) is 0.782. The highest BCUT2D eigenvalue weighted by molar-refractivity contribution is 7.98. The van der Waals surface area contributed by atoms with Crippen LogP contribution in [0.1, 0.15) is 6.92 Å². The second-order valence-electron chi connectivity index (χ2n) is 3.86. The number of anilines is 1. The van der Waals surface area contributed by atoms with Crippen molar-refractivity contribution in [3.05, 3.63) is 24.3 Å². The molecular formula is C12H14N2O2S. The third-order valence-corrected chi connectivity index (χ3v) is 3.51. The summed E-state index contributed by atoms with van der Waals surface area (Å²) in [6.45, 7) is 1.81. The van der Waals surface area contributed by atoms with Gasteiger partial charge in [0, 0.05) is 10.6 Å². The van der Waals surface area contributed by atoms with Crippen LogP contribution in [0.25, 0.3) is 0 Å². The number of hydrogen-bond donors (Lipinski definition) is 1. The Morgan fingerprint density at radius 1 is 1.41 bits per heavy atom. The zero-order valence-electron chi connectivity index (χ0n) is 9.77. The fourth-order valence-corrected chi connectivity index (χ4v) is 2.31. The third kappa shape index (κ3) is 2.29. The smallest absolute Gasteiger partial charge is 0.247 e. The van der Waals surface area contributed by atoms with Crippen LogP contribution >= 0.6 is 11.8 Å². The largest absolute Gasteiger partial charge is 0.345 e. The van der Waals surface area contributed by atoms with Gasteiger partial charge < -0.3 is 5.32 Å². The predicted octanol–water partition coefficient (Wildman–Crippen LogP) is 1.26. The number of hydrogen-bond acceptors (Lipinski definition) is 3. The Morgan fingerprint density at radius 3 is 2.88 bits per heavy atom. The quantitative estimate of drug-likeness (QED) is 0.804. The van der Waals surface area contributed by atoms with E-state index in [0.717, 1.165) is 10.6 Å². The van der Waals surface area contributed by atoms with Crippen LogP contribution in [-0.4, -0.2) is 30.7 Å². The van der Waals surface area contributed by atoms with E-state index in [9.17, 15) is 9.59 Å². The Bertz CT molecular complexity index is 462. The summed E-state index contributed by atoms with van der Waals surface area (Å²) in [5.74, 6) is -0.186. The maximum absolute atomic E-state index is 11.9. The van der Waals surface area contributed by atoms with E-state index in [1.807, 2.05) is 30.5 Å². The van der Waals surface area contributed by atoms with Crippen molar-refractivity contribution in [1.82, 2.24) is 5.32 Å². The molecule has 5 heteroatoms. The minimum atomic E-state index is -0.451. The summed E-state index contributed by atoms with van der Waals surface area (Å²) in [6.07, 6.45) is 1.98. The number of rotatable bonds is 2. The normalized spacial score (nSPS) is 20.4. The average molecular weight is 250 g/mol. The van der Waals surface area contributed by atoms with Gasteiger partial charge in [0.2, 0.25) is 11.8 Å². The van der Waals surface area contributed by atoms with Crippen molar-refractivity contribution in [3.63, 3.8) is 0 Å². The van der Waals surface area contributed by atoms with Gasteiger partial charge in [-0.25, -0.2) is 0 Å². The summed E-state index contributed by atoms with van der Waals surface area (Å²) in [5, 5.41) is 2.57. The van der Waals surface area contributed by atoms with Gasteiger partial charge in [-0.3, -0.25) is 14.5 Å². The molecule has 1 N–H and O–H groups in total. The van der Waals surface area contributed by atoms with Crippen molar-refractivity contribution in [3.8, 4) is 0 Å². The molecule has 17 heavy (non-hydrogen) atoms. The molecule has 0 aliphatic carbocycles. The standard InChI is InChI=1S/C12H14N2O2S/c1-8-12(16)13-7-11(15)14(8)9-4-3-5-10(6-9)17-2/h3-6,8H,7H2,1-2H3,(H,13,16). The van der Waals surface area contributed by atoms with Gasteiger partial charge in [-0.15, -0.1) is 11.8 Å². The minimum absolute atomic E-state index is 0.0737. The molecule has 1 aromatic rings. The second kappa shape index (κ2) is 4.79. The lowest BCUT2D eigenvalue weighted by atomic mass is 10.1. The van der Waals surface area contributed by atoms with Gasteiger partial charge in [-0.05, 0) is 31.4 Å². The van der Waals surface area contributed by atoms with E-state index in [0.29, 0.717) is 0 Å². The monoisotopic (exact) mass is 250 g/mol. The molecule has 2 amide bonds. The molecule has 0 bridgehead atoms. The van der Waals surface area contributed by atoms with E-state index in [1.165, 1.54) is 0 Å². The minimum Gasteiger partial charge on any atom is -0.345 e. The van der Waals surface area contributed by atoms with Crippen molar-refractivity contribution in [2.45, 2.75) is 17.9 Å². The van der Waals surface area contributed by atoms with Crippen molar-refractivity contribution >= 4 is 29.3 Å². The molecule has 1 atom stereocenters. The van der Waals surface area contributed by atoms with Crippen molar-refractivity contribution in [2.24, 2.45) is 0 Å². The van der Waals surface area contributed by atoms with Crippen molar-refractivity contribution in [2.75, 3.05) is 17.7 Å². The van der Waals surface area contributed by atoms with Gasteiger partial charge in [-0.1, -0.05) is 6.07 Å². The molecule has 0 spiro atoms. The second-order valence-corrected chi connectivity index (χ2v) is 4.74. The highest BCUT2D eigenvalue weighted by Gasteiger charge is 2.31. The maximum atomic E-state index is 11.9. The summed E-state index contributed by atoms with van der Waals surface area (Å²) >= 11 is 1.61. The van der Waals surface area contributed by atoms with Crippen LogP contribution in [0, 0.1) is 0 Å². The van der Waals surface area contributed by atoms with Gasteiger partial charge in [0.05, 0.1) is 6.54 Å². The first-order chi connectivity index (χ1) is 8.13. The van der Waals surface area contributed by atoms with Crippen LogP contribution in [0.3, 0.4) is 0 Å². The van der Waals surface area contributed by atoms with Gasteiger partial charge in [0.25, 0.3) is 0 Å². The highest BCUT2D eigenvalue weighted by Crippen LogP contribution is 2.24. The van der Waals surface area contributed by atoms with Crippen LogP contribution in [0.5, 0.6) is 0 Å². The number of benzene rings is 1. The molecule has 1 aromatic carbocycles. The Kier molecular flexibility index (Phi) is 3.38. The number of piperazine rings is 1. The molecule has 0 saturated carbocycles. The lowest BCUT2D eigenvalue weighted by Gasteiger charge is -2.32. The van der Waals surface area contributed by atoms with Crippen LogP contribution in [0.2, 0.25) is 0 Å². The van der Waals surface area contributed by atoms with E-state index < -0.39 is 6.04 Å². The topological polar surface area (TPSA) is 49.4 Å². The van der Waals surface area contributed by atoms with Gasteiger partial charge in [0.1, 0.15) is 6.04 Å². The molecule has 90 valence electrons. The maximum Gasteiger partial charge on any atom is 0.247 e. The Hall–Kier alpha value is -1.49. The van der Waals surface area contributed by atoms with E-state index >= 15 is 0 Å². The number of nitrogens with zero attached hydrogens (tertiary/aromatic N) is 1. The summed E-state index contributed by atoms with van der Waals surface area (Å²) in [4.78, 5) is 26.1. The van der Waals surface area contributed by atoms with Gasteiger partial charge in [0.15, 0.2) is 0 Å². The average Bonchev–Trinajstić information content (AvgIpc) is 2.35. The van der Waals surface area contributed by atoms with E-state index in [1.54, 1.807) is 23.6 Å². The highest BCUT2D eigenvalue weighted by atomic mass is 32.2. The van der Waals surface area contributed by atoms with Crippen LogP contribution < -0.4 is 10.2 Å². The number of thioether (sulfide) groups is 1. The molecule has 1 heterocycles. The lowest BCUT2D eigenvalue weighted by Crippen LogP contribution is -2.57. The van der Waals surface area contributed by atoms with Crippen molar-refractivity contribution < 1.29 is 9.59 Å². The Balaban J connectivity index is 2.35. The fraction of sp³-hybridized carbons (Fsp3) is 0.333. The lowest BCUT2D eigenvalue weighted by molar-refractivity contribution is -0.130. The molecule has 1 saturated heterocycles. The number of carbonyl (C=O) groups excluding carboxylic acids is 2.